The Morgan fingerprint density at radius 2 is 1.81 bits per heavy atom. The molecule has 0 aliphatic carbocycles. The molecule has 0 aliphatic rings. The summed E-state index contributed by atoms with van der Waals surface area (Å²) in [4.78, 5) is 11.5. The number of benzene rings is 1. The first-order valence-corrected chi connectivity index (χ1v) is 5.39. The number of aliphatic hydroxyl groups is 1. The van der Waals surface area contributed by atoms with Crippen molar-refractivity contribution in [3.63, 3.8) is 0 Å². The van der Waals surface area contributed by atoms with Gasteiger partial charge in [0.2, 0.25) is 0 Å². The van der Waals surface area contributed by atoms with Gasteiger partial charge in [-0.3, -0.25) is 0 Å². The van der Waals surface area contributed by atoms with E-state index in [2.05, 4.69) is 0 Å². The summed E-state index contributed by atoms with van der Waals surface area (Å²) >= 11 is 0. The van der Waals surface area contributed by atoms with E-state index in [-0.39, 0.29) is 6.61 Å². The average Bonchev–Trinajstić information content (AvgIpc) is 2.16. The largest absolute Gasteiger partial charge is 0.464 e. The van der Waals surface area contributed by atoms with Gasteiger partial charge in [-0.1, -0.05) is 17.7 Å². The number of ether oxygens (including phenoxy) is 1. The summed E-state index contributed by atoms with van der Waals surface area (Å²) in [6, 6.07) is 3.90. The molecule has 0 saturated heterocycles. The second kappa shape index (κ2) is 5.12. The average molecular weight is 222 g/mol. The molecule has 1 rings (SSSR count). The fourth-order valence-electron chi connectivity index (χ4n) is 1.96. The van der Waals surface area contributed by atoms with E-state index in [1.807, 2.05) is 32.9 Å². The Morgan fingerprint density at radius 1 is 1.31 bits per heavy atom. The second-order valence-corrected chi connectivity index (χ2v) is 3.97. The monoisotopic (exact) mass is 222 g/mol. The minimum absolute atomic E-state index is 0.278. The molecule has 16 heavy (non-hydrogen) atoms. The molecule has 0 bridgehead atoms. The Hall–Kier alpha value is -1.35. The van der Waals surface area contributed by atoms with Crippen LogP contribution in [0.2, 0.25) is 0 Å². The van der Waals surface area contributed by atoms with Gasteiger partial charge in [-0.15, -0.1) is 0 Å². The van der Waals surface area contributed by atoms with Crippen molar-refractivity contribution in [1.82, 2.24) is 0 Å². The molecule has 0 heterocycles. The van der Waals surface area contributed by atoms with Crippen molar-refractivity contribution >= 4 is 5.97 Å². The van der Waals surface area contributed by atoms with Gasteiger partial charge >= 0.3 is 5.97 Å². The molecule has 3 nitrogen and oxygen atoms in total. The molecule has 0 spiro atoms. The summed E-state index contributed by atoms with van der Waals surface area (Å²) in [6.45, 7) is 7.76. The number of hydrogen-bond acceptors (Lipinski definition) is 3. The lowest BCUT2D eigenvalue weighted by atomic mass is 9.96. The van der Waals surface area contributed by atoms with Crippen LogP contribution in [0.1, 0.15) is 35.3 Å². The summed E-state index contributed by atoms with van der Waals surface area (Å²) < 4.78 is 4.81. The lowest BCUT2D eigenvalue weighted by Crippen LogP contribution is -2.17. The van der Waals surface area contributed by atoms with E-state index in [1.165, 1.54) is 0 Å². The molecule has 0 fully saturated rings. The van der Waals surface area contributed by atoms with Gasteiger partial charge in [0.25, 0.3) is 0 Å². The maximum absolute atomic E-state index is 11.5. The lowest BCUT2D eigenvalue weighted by Gasteiger charge is -2.16. The van der Waals surface area contributed by atoms with Gasteiger partial charge in [0.15, 0.2) is 6.10 Å². The highest BCUT2D eigenvalue weighted by Gasteiger charge is 2.22. The number of esters is 1. The minimum Gasteiger partial charge on any atom is -0.464 e. The van der Waals surface area contributed by atoms with Crippen molar-refractivity contribution in [1.29, 1.82) is 0 Å². The smallest absolute Gasteiger partial charge is 0.339 e. The molecule has 1 N–H and O–H groups in total. The van der Waals surface area contributed by atoms with Crippen LogP contribution in [0.5, 0.6) is 0 Å². The number of aliphatic hydroxyl groups excluding tert-OH is 1. The molecule has 1 aromatic rings. The molecular weight excluding hydrogens is 204 g/mol. The van der Waals surface area contributed by atoms with Gasteiger partial charge < -0.3 is 9.84 Å². The summed E-state index contributed by atoms with van der Waals surface area (Å²) in [6.07, 6.45) is -1.18. The topological polar surface area (TPSA) is 46.5 Å². The van der Waals surface area contributed by atoms with Crippen molar-refractivity contribution in [2.75, 3.05) is 6.61 Å². The van der Waals surface area contributed by atoms with Crippen LogP contribution in [0, 0.1) is 20.8 Å². The van der Waals surface area contributed by atoms with Crippen molar-refractivity contribution < 1.29 is 14.6 Å². The number of aryl methyl sites for hydroxylation is 3. The van der Waals surface area contributed by atoms with Crippen LogP contribution in [0.15, 0.2) is 12.1 Å². The summed E-state index contributed by atoms with van der Waals surface area (Å²) in [5.41, 5.74) is 3.61. The van der Waals surface area contributed by atoms with E-state index in [4.69, 9.17) is 4.74 Å². The first-order valence-electron chi connectivity index (χ1n) is 5.39. The Kier molecular flexibility index (Phi) is 4.07. The molecule has 3 heteroatoms. The van der Waals surface area contributed by atoms with E-state index in [0.717, 1.165) is 16.7 Å². The fraction of sp³-hybridized carbons (Fsp3) is 0.462. The second-order valence-electron chi connectivity index (χ2n) is 3.97. The third-order valence-corrected chi connectivity index (χ3v) is 2.52. The van der Waals surface area contributed by atoms with E-state index >= 15 is 0 Å². The SMILES string of the molecule is CCOC(=O)C(O)c1c(C)cc(C)cc1C. The van der Waals surface area contributed by atoms with E-state index in [0.29, 0.717) is 5.56 Å². The Bertz CT molecular complexity index is 373. The molecule has 0 radical (unpaired) electrons. The predicted octanol–water partition coefficient (Wildman–Crippen LogP) is 2.21. The highest BCUT2D eigenvalue weighted by atomic mass is 16.5. The van der Waals surface area contributed by atoms with Crippen LogP contribution in [-0.2, 0) is 9.53 Å². The van der Waals surface area contributed by atoms with Gasteiger partial charge in [0.05, 0.1) is 6.61 Å². The molecule has 1 unspecified atom stereocenters. The quantitative estimate of drug-likeness (QED) is 0.797. The van der Waals surface area contributed by atoms with Crippen molar-refractivity contribution in [2.24, 2.45) is 0 Å². The number of carbonyl (C=O) groups excluding carboxylic acids is 1. The van der Waals surface area contributed by atoms with Crippen LogP contribution in [-0.4, -0.2) is 17.7 Å². The summed E-state index contributed by atoms with van der Waals surface area (Å²) in [7, 11) is 0. The fourth-order valence-corrected chi connectivity index (χ4v) is 1.96. The van der Waals surface area contributed by atoms with Crippen molar-refractivity contribution in [3.05, 3.63) is 34.4 Å². The minimum atomic E-state index is -1.18. The zero-order chi connectivity index (χ0) is 12.3. The van der Waals surface area contributed by atoms with Crippen LogP contribution < -0.4 is 0 Å². The van der Waals surface area contributed by atoms with Crippen LogP contribution in [0.4, 0.5) is 0 Å². The third-order valence-electron chi connectivity index (χ3n) is 2.52. The molecular formula is C13H18O3. The molecule has 0 saturated carbocycles. The van der Waals surface area contributed by atoms with Gasteiger partial charge in [-0.25, -0.2) is 4.79 Å². The van der Waals surface area contributed by atoms with Crippen molar-refractivity contribution in [3.8, 4) is 0 Å². The van der Waals surface area contributed by atoms with Gasteiger partial charge in [0.1, 0.15) is 0 Å². The van der Waals surface area contributed by atoms with E-state index in [9.17, 15) is 9.90 Å². The zero-order valence-electron chi connectivity index (χ0n) is 10.2. The Morgan fingerprint density at radius 3 is 2.25 bits per heavy atom. The van der Waals surface area contributed by atoms with E-state index in [1.54, 1.807) is 6.92 Å². The summed E-state index contributed by atoms with van der Waals surface area (Å²) in [5, 5.41) is 9.90. The third kappa shape index (κ3) is 2.61. The Labute approximate surface area is 96.1 Å². The van der Waals surface area contributed by atoms with Crippen molar-refractivity contribution in [2.45, 2.75) is 33.8 Å². The number of hydrogen-bond donors (Lipinski definition) is 1. The molecule has 88 valence electrons. The Balaban J connectivity index is 3.08. The molecule has 0 aromatic heterocycles. The van der Waals surface area contributed by atoms with Crippen LogP contribution in [0.25, 0.3) is 0 Å². The van der Waals surface area contributed by atoms with Gasteiger partial charge in [-0.05, 0) is 44.4 Å². The molecule has 0 amide bonds. The standard InChI is InChI=1S/C13H18O3/c1-5-16-13(15)12(14)11-9(3)6-8(2)7-10(11)4/h6-7,12,14H,5H2,1-4H3. The first-order chi connectivity index (χ1) is 7.47. The van der Waals surface area contributed by atoms with Crippen LogP contribution in [0.3, 0.4) is 0 Å². The maximum atomic E-state index is 11.5. The lowest BCUT2D eigenvalue weighted by molar-refractivity contribution is -0.153. The predicted molar refractivity (Wildman–Crippen MR) is 62.2 cm³/mol. The number of rotatable bonds is 3. The van der Waals surface area contributed by atoms with Gasteiger partial charge in [0, 0.05) is 0 Å². The summed E-state index contributed by atoms with van der Waals surface area (Å²) in [5.74, 6) is -0.586. The molecule has 1 atom stereocenters. The normalized spacial score (nSPS) is 12.3. The highest BCUT2D eigenvalue weighted by molar-refractivity contribution is 5.77. The number of carbonyl (C=O) groups is 1. The highest BCUT2D eigenvalue weighted by Crippen LogP contribution is 2.24. The zero-order valence-corrected chi connectivity index (χ0v) is 10.2. The van der Waals surface area contributed by atoms with Gasteiger partial charge in [-0.2, -0.15) is 0 Å². The van der Waals surface area contributed by atoms with E-state index < -0.39 is 12.1 Å². The maximum Gasteiger partial charge on any atom is 0.339 e. The van der Waals surface area contributed by atoms with Crippen LogP contribution >= 0.6 is 0 Å². The molecule has 1 aromatic carbocycles. The first kappa shape index (κ1) is 12.7. The molecule has 0 aliphatic heterocycles.